The van der Waals surface area contributed by atoms with Gasteiger partial charge in [0.1, 0.15) is 0 Å². The van der Waals surface area contributed by atoms with Crippen molar-refractivity contribution in [2.45, 2.75) is 0 Å². The van der Waals surface area contributed by atoms with Crippen LogP contribution in [0.5, 0.6) is 0 Å². The number of nitrogens with zero attached hydrogens (tertiary/aromatic N) is 1. The first-order valence-corrected chi connectivity index (χ1v) is 13.2. The van der Waals surface area contributed by atoms with Gasteiger partial charge in [-0.15, -0.1) is 0 Å². The predicted molar refractivity (Wildman–Crippen MR) is 166 cm³/mol. The Hall–Kier alpha value is -5.28. The fourth-order valence-corrected chi connectivity index (χ4v) is 5.33. The Balaban J connectivity index is 1.38. The van der Waals surface area contributed by atoms with Gasteiger partial charge in [-0.05, 0) is 66.2 Å². The molecule has 2 N–H and O–H groups in total. The summed E-state index contributed by atoms with van der Waals surface area (Å²) in [5.74, 6) is 0. The second kappa shape index (κ2) is 9.88. The number of para-hydroxylation sites is 4. The molecule has 3 heteroatoms. The summed E-state index contributed by atoms with van der Waals surface area (Å²) in [6.45, 7) is 0. The summed E-state index contributed by atoms with van der Waals surface area (Å²) in [7, 11) is 0. The molecule has 3 nitrogen and oxygen atoms in total. The smallest absolute Gasteiger partial charge is 0.0561 e. The van der Waals surface area contributed by atoms with Crippen molar-refractivity contribution in [3.63, 3.8) is 0 Å². The lowest BCUT2D eigenvalue weighted by molar-refractivity contribution is 1.18. The van der Waals surface area contributed by atoms with Crippen LogP contribution in [0.15, 0.2) is 152 Å². The molecule has 0 aliphatic carbocycles. The minimum absolute atomic E-state index is 1.05. The number of hydrogen-bond acceptors (Lipinski definition) is 2. The molecule has 0 radical (unpaired) electrons. The van der Waals surface area contributed by atoms with Gasteiger partial charge < -0.3 is 15.2 Å². The van der Waals surface area contributed by atoms with E-state index in [0.29, 0.717) is 0 Å². The Kier molecular flexibility index (Phi) is 5.80. The van der Waals surface area contributed by atoms with E-state index in [2.05, 4.69) is 143 Å². The first kappa shape index (κ1) is 22.9. The zero-order valence-corrected chi connectivity index (χ0v) is 21.4. The average Bonchev–Trinajstić information content (AvgIpc) is 3.33. The predicted octanol–water partition coefficient (Wildman–Crippen LogP) is 9.94. The van der Waals surface area contributed by atoms with Gasteiger partial charge in [0, 0.05) is 39.1 Å². The second-order valence-corrected chi connectivity index (χ2v) is 9.66. The summed E-state index contributed by atoms with van der Waals surface area (Å²) < 4.78 is 2.40. The van der Waals surface area contributed by atoms with E-state index in [9.17, 15) is 0 Å². The molecular formula is C36H27N3. The van der Waals surface area contributed by atoms with Crippen LogP contribution >= 0.6 is 0 Å². The maximum Gasteiger partial charge on any atom is 0.0561 e. The number of fused-ring (bicyclic) bond motifs is 3. The second-order valence-electron chi connectivity index (χ2n) is 9.66. The minimum atomic E-state index is 1.05. The molecule has 1 heterocycles. The highest BCUT2D eigenvalue weighted by Crippen LogP contribution is 2.38. The summed E-state index contributed by atoms with van der Waals surface area (Å²) in [5.41, 5.74) is 10.1. The molecule has 0 saturated carbocycles. The average molecular weight is 502 g/mol. The largest absolute Gasteiger partial charge is 0.356 e. The standard InChI is InChI=1S/C36H27N3/c1-3-11-27(12-4-1)37-29-21-19-26(20-22-29)31-24-23-30(38-28-13-5-2-6-14-28)25-36(31)39-34-17-9-7-15-32(34)33-16-8-10-18-35(33)39/h1-25,37-38H. The molecule has 6 aromatic carbocycles. The van der Waals surface area contributed by atoms with Gasteiger partial charge in [-0.3, -0.25) is 0 Å². The fraction of sp³-hybridized carbons (Fsp3) is 0. The van der Waals surface area contributed by atoms with Crippen molar-refractivity contribution < 1.29 is 0 Å². The van der Waals surface area contributed by atoms with E-state index in [4.69, 9.17) is 0 Å². The highest BCUT2D eigenvalue weighted by molar-refractivity contribution is 6.09. The maximum atomic E-state index is 3.59. The monoisotopic (exact) mass is 501 g/mol. The van der Waals surface area contributed by atoms with Crippen molar-refractivity contribution in [1.82, 2.24) is 4.57 Å². The number of rotatable bonds is 6. The molecule has 7 rings (SSSR count). The van der Waals surface area contributed by atoms with Crippen LogP contribution in [0.1, 0.15) is 0 Å². The van der Waals surface area contributed by atoms with Gasteiger partial charge in [0.25, 0.3) is 0 Å². The van der Waals surface area contributed by atoms with Crippen molar-refractivity contribution in [2.75, 3.05) is 10.6 Å². The molecule has 0 spiro atoms. The number of hydrogen-bond donors (Lipinski definition) is 2. The highest BCUT2D eigenvalue weighted by atomic mass is 15.0. The van der Waals surface area contributed by atoms with E-state index in [-0.39, 0.29) is 0 Å². The molecule has 0 amide bonds. The molecule has 0 atom stereocenters. The van der Waals surface area contributed by atoms with E-state index in [1.807, 2.05) is 24.3 Å². The van der Waals surface area contributed by atoms with E-state index in [0.717, 1.165) is 34.0 Å². The summed E-state index contributed by atoms with van der Waals surface area (Å²) in [5, 5.41) is 9.59. The molecular weight excluding hydrogens is 474 g/mol. The van der Waals surface area contributed by atoms with E-state index in [1.165, 1.54) is 27.4 Å². The summed E-state index contributed by atoms with van der Waals surface area (Å²) in [4.78, 5) is 0. The molecule has 1 aromatic heterocycles. The molecule has 0 fully saturated rings. The summed E-state index contributed by atoms with van der Waals surface area (Å²) in [6.07, 6.45) is 0. The maximum absolute atomic E-state index is 3.59. The molecule has 0 bridgehead atoms. The van der Waals surface area contributed by atoms with Gasteiger partial charge in [-0.1, -0.05) is 91.0 Å². The third-order valence-corrected chi connectivity index (χ3v) is 7.14. The SMILES string of the molecule is c1ccc(Nc2ccc(-c3ccc(Nc4ccccc4)cc3-n3c4ccccc4c4ccccc43)cc2)cc1. The first-order valence-electron chi connectivity index (χ1n) is 13.2. The zero-order chi connectivity index (χ0) is 26.0. The van der Waals surface area contributed by atoms with Crippen LogP contribution in [0.2, 0.25) is 0 Å². The summed E-state index contributed by atoms with van der Waals surface area (Å²) >= 11 is 0. The van der Waals surface area contributed by atoms with Gasteiger partial charge in [0.15, 0.2) is 0 Å². The van der Waals surface area contributed by atoms with Gasteiger partial charge in [0.05, 0.1) is 16.7 Å². The first-order chi connectivity index (χ1) is 19.3. The highest BCUT2D eigenvalue weighted by Gasteiger charge is 2.16. The molecule has 186 valence electrons. The van der Waals surface area contributed by atoms with Crippen LogP contribution in [-0.2, 0) is 0 Å². The lowest BCUT2D eigenvalue weighted by Crippen LogP contribution is -2.00. The van der Waals surface area contributed by atoms with Crippen molar-refractivity contribution in [3.05, 3.63) is 152 Å². The van der Waals surface area contributed by atoms with Gasteiger partial charge in [-0.2, -0.15) is 0 Å². The number of anilines is 4. The van der Waals surface area contributed by atoms with Crippen molar-refractivity contribution in [2.24, 2.45) is 0 Å². The van der Waals surface area contributed by atoms with E-state index in [1.54, 1.807) is 0 Å². The molecule has 39 heavy (non-hydrogen) atoms. The Morgan fingerprint density at radius 3 is 1.44 bits per heavy atom. The Morgan fingerprint density at radius 2 is 0.846 bits per heavy atom. The van der Waals surface area contributed by atoms with Crippen molar-refractivity contribution in [3.8, 4) is 16.8 Å². The lowest BCUT2D eigenvalue weighted by atomic mass is 10.0. The Bertz CT molecular complexity index is 1830. The van der Waals surface area contributed by atoms with Gasteiger partial charge >= 0.3 is 0 Å². The van der Waals surface area contributed by atoms with Gasteiger partial charge in [0.2, 0.25) is 0 Å². The minimum Gasteiger partial charge on any atom is -0.356 e. The molecule has 0 aliphatic rings. The molecule has 0 aliphatic heterocycles. The third-order valence-electron chi connectivity index (χ3n) is 7.14. The lowest BCUT2D eigenvalue weighted by Gasteiger charge is -2.17. The molecule has 0 saturated heterocycles. The summed E-state index contributed by atoms with van der Waals surface area (Å²) in [6, 6.07) is 53.2. The number of nitrogens with one attached hydrogen (secondary N) is 2. The van der Waals surface area contributed by atoms with Crippen molar-refractivity contribution >= 4 is 44.6 Å². The van der Waals surface area contributed by atoms with Crippen LogP contribution < -0.4 is 10.6 Å². The topological polar surface area (TPSA) is 29.0 Å². The van der Waals surface area contributed by atoms with Crippen LogP contribution in [0, 0.1) is 0 Å². The Labute approximate surface area is 228 Å². The fourth-order valence-electron chi connectivity index (χ4n) is 5.33. The number of aromatic nitrogens is 1. The quantitative estimate of drug-likeness (QED) is 0.237. The normalized spacial score (nSPS) is 11.1. The van der Waals surface area contributed by atoms with Crippen LogP contribution in [0.4, 0.5) is 22.7 Å². The third kappa shape index (κ3) is 4.41. The van der Waals surface area contributed by atoms with Crippen LogP contribution in [0.25, 0.3) is 38.6 Å². The van der Waals surface area contributed by atoms with E-state index >= 15 is 0 Å². The zero-order valence-electron chi connectivity index (χ0n) is 21.4. The van der Waals surface area contributed by atoms with E-state index < -0.39 is 0 Å². The van der Waals surface area contributed by atoms with Crippen LogP contribution in [0.3, 0.4) is 0 Å². The molecule has 0 unspecified atom stereocenters. The number of benzene rings is 6. The van der Waals surface area contributed by atoms with Crippen LogP contribution in [-0.4, -0.2) is 4.57 Å². The van der Waals surface area contributed by atoms with Gasteiger partial charge in [-0.25, -0.2) is 0 Å². The Morgan fingerprint density at radius 1 is 0.385 bits per heavy atom. The van der Waals surface area contributed by atoms with Crippen molar-refractivity contribution in [1.29, 1.82) is 0 Å². The molecule has 7 aromatic rings.